The number of carbonyl (C=O) groups is 4. The van der Waals surface area contributed by atoms with Gasteiger partial charge in [-0.2, -0.15) is 0 Å². The summed E-state index contributed by atoms with van der Waals surface area (Å²) < 4.78 is 0.889. The average molecular weight is 528 g/mol. The molecule has 1 heterocycles. The summed E-state index contributed by atoms with van der Waals surface area (Å²) >= 11 is 3.45. The van der Waals surface area contributed by atoms with Gasteiger partial charge in [0.1, 0.15) is 6.04 Å². The first kappa shape index (κ1) is 25.6. The van der Waals surface area contributed by atoms with Gasteiger partial charge in [0.15, 0.2) is 0 Å². The van der Waals surface area contributed by atoms with E-state index in [1.54, 1.807) is 36.1 Å². The molecule has 1 N–H and O–H groups in total. The first-order valence-corrected chi connectivity index (χ1v) is 12.3. The highest BCUT2D eigenvalue weighted by atomic mass is 79.9. The van der Waals surface area contributed by atoms with Gasteiger partial charge < -0.3 is 10.2 Å². The number of hydrogen-bond acceptors (Lipinski definition) is 4. The topological polar surface area (TPSA) is 86.8 Å². The number of hydrogen-bond donors (Lipinski definition) is 1. The number of fused-ring (bicyclic) bond motifs is 1. The van der Waals surface area contributed by atoms with Crippen molar-refractivity contribution in [2.24, 2.45) is 0 Å². The molecule has 0 spiro atoms. The fourth-order valence-corrected chi connectivity index (χ4v) is 4.30. The summed E-state index contributed by atoms with van der Waals surface area (Å²) in [5.74, 6) is -1.08. The van der Waals surface area contributed by atoms with Gasteiger partial charge in [0.2, 0.25) is 11.8 Å². The highest BCUT2D eigenvalue weighted by molar-refractivity contribution is 9.10. The fraction of sp³-hybridized carbons (Fsp3) is 0.385. The second-order valence-corrected chi connectivity index (χ2v) is 9.47. The Morgan fingerprint density at radius 2 is 1.68 bits per heavy atom. The van der Waals surface area contributed by atoms with Crippen LogP contribution in [-0.2, 0) is 16.1 Å². The van der Waals surface area contributed by atoms with E-state index in [0.717, 1.165) is 16.5 Å². The third-order valence-corrected chi connectivity index (χ3v) is 6.55. The van der Waals surface area contributed by atoms with Gasteiger partial charge >= 0.3 is 0 Å². The molecule has 4 amide bonds. The van der Waals surface area contributed by atoms with Gasteiger partial charge in [-0.05, 0) is 56.5 Å². The average Bonchev–Trinajstić information content (AvgIpc) is 3.07. The van der Waals surface area contributed by atoms with Crippen molar-refractivity contribution in [2.45, 2.75) is 58.7 Å². The zero-order valence-electron chi connectivity index (χ0n) is 19.7. The number of halogens is 1. The zero-order chi connectivity index (χ0) is 24.8. The van der Waals surface area contributed by atoms with Gasteiger partial charge in [0.25, 0.3) is 11.8 Å². The summed E-state index contributed by atoms with van der Waals surface area (Å²) in [7, 11) is 0. The highest BCUT2D eigenvalue weighted by Gasteiger charge is 2.35. The molecule has 180 valence electrons. The molecule has 0 fully saturated rings. The third-order valence-electron chi connectivity index (χ3n) is 6.06. The first-order valence-electron chi connectivity index (χ1n) is 11.5. The van der Waals surface area contributed by atoms with Crippen LogP contribution in [0.25, 0.3) is 0 Å². The van der Waals surface area contributed by atoms with Gasteiger partial charge in [0.05, 0.1) is 11.1 Å². The van der Waals surface area contributed by atoms with Crippen molar-refractivity contribution in [3.63, 3.8) is 0 Å². The normalized spacial score (nSPS) is 14.5. The maximum absolute atomic E-state index is 13.2. The molecule has 0 saturated heterocycles. The lowest BCUT2D eigenvalue weighted by molar-refractivity contribution is -0.141. The summed E-state index contributed by atoms with van der Waals surface area (Å²) in [6.07, 6.45) is 1.22. The molecule has 2 atom stereocenters. The van der Waals surface area contributed by atoms with E-state index >= 15 is 0 Å². The van der Waals surface area contributed by atoms with Crippen molar-refractivity contribution in [1.82, 2.24) is 15.1 Å². The van der Waals surface area contributed by atoms with E-state index < -0.39 is 6.04 Å². The predicted octanol–water partition coefficient (Wildman–Crippen LogP) is 4.16. The molecule has 34 heavy (non-hydrogen) atoms. The lowest BCUT2D eigenvalue weighted by atomic mass is 10.1. The van der Waals surface area contributed by atoms with Crippen molar-refractivity contribution in [3.8, 4) is 0 Å². The van der Waals surface area contributed by atoms with Crippen molar-refractivity contribution in [2.75, 3.05) is 6.54 Å². The van der Waals surface area contributed by atoms with E-state index in [0.29, 0.717) is 17.5 Å². The van der Waals surface area contributed by atoms with E-state index in [1.165, 1.54) is 4.90 Å². The monoisotopic (exact) mass is 527 g/mol. The molecular weight excluding hydrogens is 498 g/mol. The quantitative estimate of drug-likeness (QED) is 0.470. The minimum atomic E-state index is -0.667. The Bertz CT molecular complexity index is 1050. The summed E-state index contributed by atoms with van der Waals surface area (Å²) in [5, 5.41) is 2.94. The molecule has 1 aliphatic rings. The molecule has 2 aromatic rings. The summed E-state index contributed by atoms with van der Waals surface area (Å²) in [6, 6.07) is 13.7. The Kier molecular flexibility index (Phi) is 8.61. The molecule has 0 radical (unpaired) electrons. The number of amides is 4. The maximum Gasteiger partial charge on any atom is 0.261 e. The Labute approximate surface area is 208 Å². The number of imide groups is 1. The van der Waals surface area contributed by atoms with Crippen molar-refractivity contribution in [1.29, 1.82) is 0 Å². The van der Waals surface area contributed by atoms with Gasteiger partial charge in [0, 0.05) is 30.0 Å². The second-order valence-electron chi connectivity index (χ2n) is 8.56. The van der Waals surface area contributed by atoms with Crippen LogP contribution in [0.15, 0.2) is 53.0 Å². The van der Waals surface area contributed by atoms with Crippen LogP contribution in [0.5, 0.6) is 0 Å². The minimum Gasteiger partial charge on any atom is -0.352 e. The number of nitrogens with zero attached hydrogens (tertiary/aromatic N) is 2. The lowest BCUT2D eigenvalue weighted by Gasteiger charge is -2.30. The smallest absolute Gasteiger partial charge is 0.261 e. The zero-order valence-corrected chi connectivity index (χ0v) is 21.3. The summed E-state index contributed by atoms with van der Waals surface area (Å²) in [4.78, 5) is 53.9. The third kappa shape index (κ3) is 5.91. The predicted molar refractivity (Wildman–Crippen MR) is 133 cm³/mol. The van der Waals surface area contributed by atoms with Crippen molar-refractivity contribution < 1.29 is 19.2 Å². The van der Waals surface area contributed by atoms with Crippen molar-refractivity contribution >= 4 is 39.6 Å². The number of nitrogens with one attached hydrogen (secondary N) is 1. The van der Waals surface area contributed by atoms with Crippen LogP contribution in [0.4, 0.5) is 0 Å². The van der Waals surface area contributed by atoms with E-state index in [1.807, 2.05) is 38.1 Å². The van der Waals surface area contributed by atoms with Gasteiger partial charge in [-0.3, -0.25) is 24.1 Å². The van der Waals surface area contributed by atoms with Crippen LogP contribution in [0.1, 0.15) is 66.3 Å². The second kappa shape index (κ2) is 11.4. The molecule has 2 aromatic carbocycles. The largest absolute Gasteiger partial charge is 0.352 e. The minimum absolute atomic E-state index is 0.00611. The molecule has 0 bridgehead atoms. The highest BCUT2D eigenvalue weighted by Crippen LogP contribution is 2.23. The number of rotatable bonds is 10. The van der Waals surface area contributed by atoms with Crippen molar-refractivity contribution in [3.05, 3.63) is 69.7 Å². The SMILES string of the molecule is CC[C@@H](C)NC(=O)[C@@H](C)N(Cc1cccc(Br)c1)C(=O)CCCN1C(=O)c2ccccc2C1=O. The molecule has 1 aliphatic heterocycles. The molecule has 0 unspecified atom stereocenters. The summed E-state index contributed by atoms with van der Waals surface area (Å²) in [5.41, 5.74) is 1.68. The van der Waals surface area contributed by atoms with Gasteiger partial charge in [-0.15, -0.1) is 0 Å². The lowest BCUT2D eigenvalue weighted by Crippen LogP contribution is -2.49. The van der Waals surface area contributed by atoms with Gasteiger partial charge in [-0.1, -0.05) is 47.1 Å². The van der Waals surface area contributed by atoms with E-state index in [2.05, 4.69) is 21.2 Å². The van der Waals surface area contributed by atoms with Crippen LogP contribution in [0.2, 0.25) is 0 Å². The van der Waals surface area contributed by atoms with Crippen LogP contribution in [0, 0.1) is 0 Å². The van der Waals surface area contributed by atoms with E-state index in [4.69, 9.17) is 0 Å². The fourth-order valence-electron chi connectivity index (χ4n) is 3.85. The van der Waals surface area contributed by atoms with Crippen LogP contribution >= 0.6 is 15.9 Å². The van der Waals surface area contributed by atoms with Gasteiger partial charge in [-0.25, -0.2) is 0 Å². The van der Waals surface area contributed by atoms with Crippen LogP contribution in [-0.4, -0.2) is 52.1 Å². The Hall–Kier alpha value is -3.00. The molecule has 0 aromatic heterocycles. The standard InChI is InChI=1S/C26H30BrN3O4/c1-4-17(2)28-24(32)18(3)30(16-19-9-7-10-20(27)15-19)23(31)13-8-14-29-25(33)21-11-5-6-12-22(21)26(29)34/h5-7,9-12,15,17-18H,4,8,13-14,16H2,1-3H3,(H,28,32)/t17-,18-/m1/s1. The molecule has 3 rings (SSSR count). The molecular formula is C26H30BrN3O4. The molecule has 7 nitrogen and oxygen atoms in total. The molecule has 0 saturated carbocycles. The Morgan fingerprint density at radius 1 is 1.03 bits per heavy atom. The number of carbonyl (C=O) groups excluding carboxylic acids is 4. The first-order chi connectivity index (χ1) is 16.2. The van der Waals surface area contributed by atoms with Crippen LogP contribution in [0.3, 0.4) is 0 Å². The van der Waals surface area contributed by atoms with Crippen LogP contribution < -0.4 is 5.32 Å². The van der Waals surface area contributed by atoms with E-state index in [-0.39, 0.29) is 49.2 Å². The summed E-state index contributed by atoms with van der Waals surface area (Å²) in [6.45, 7) is 6.06. The Balaban J connectivity index is 1.68. The Morgan fingerprint density at radius 3 is 2.26 bits per heavy atom. The maximum atomic E-state index is 13.2. The molecule has 8 heteroatoms. The molecule has 0 aliphatic carbocycles. The number of benzene rings is 2. The van der Waals surface area contributed by atoms with E-state index in [9.17, 15) is 19.2 Å².